The molecule has 1 aliphatic rings. The summed E-state index contributed by atoms with van der Waals surface area (Å²) in [6, 6.07) is 6.09. The van der Waals surface area contributed by atoms with Crippen LogP contribution >= 0.6 is 0 Å². The number of nitrogens with zero attached hydrogens (tertiary/aromatic N) is 1. The van der Waals surface area contributed by atoms with Crippen LogP contribution in [0.15, 0.2) is 37.1 Å². The lowest BCUT2D eigenvalue weighted by Gasteiger charge is -2.27. The minimum absolute atomic E-state index is 0.178. The van der Waals surface area contributed by atoms with Gasteiger partial charge < -0.3 is 14.6 Å². The predicted molar refractivity (Wildman–Crippen MR) is 93.8 cm³/mol. The number of fused-ring (bicyclic) bond motifs is 1. The van der Waals surface area contributed by atoms with Crippen molar-refractivity contribution in [3.05, 3.63) is 42.6 Å². The van der Waals surface area contributed by atoms with Crippen molar-refractivity contribution in [2.75, 3.05) is 12.4 Å². The Morgan fingerprint density at radius 1 is 1.35 bits per heavy atom. The summed E-state index contributed by atoms with van der Waals surface area (Å²) in [5.74, 6) is 0.387. The van der Waals surface area contributed by atoms with Gasteiger partial charge in [-0.3, -0.25) is 4.79 Å². The van der Waals surface area contributed by atoms with Crippen LogP contribution in [0.1, 0.15) is 37.2 Å². The van der Waals surface area contributed by atoms with Crippen LogP contribution in [0, 0.1) is 0 Å². The number of aromatic nitrogens is 1. The van der Waals surface area contributed by atoms with E-state index in [1.165, 1.54) is 22.5 Å². The molecular formula is C19H24N2O2. The van der Waals surface area contributed by atoms with E-state index in [2.05, 4.69) is 41.8 Å². The number of carbonyl (C=O) groups is 1. The van der Waals surface area contributed by atoms with E-state index in [-0.39, 0.29) is 5.91 Å². The summed E-state index contributed by atoms with van der Waals surface area (Å²) in [4.78, 5) is 11.5. The lowest BCUT2D eigenvalue weighted by molar-refractivity contribution is -0.111. The molecule has 0 spiro atoms. The molecule has 0 saturated heterocycles. The summed E-state index contributed by atoms with van der Waals surface area (Å²) >= 11 is 0. The van der Waals surface area contributed by atoms with E-state index in [1.54, 1.807) is 7.11 Å². The fraction of sp³-hybridized carbons (Fsp3) is 0.421. The fourth-order valence-electron chi connectivity index (χ4n) is 3.63. The van der Waals surface area contributed by atoms with Crippen LogP contribution in [0.4, 0.5) is 5.69 Å². The summed E-state index contributed by atoms with van der Waals surface area (Å²) in [6.45, 7) is 3.50. The Hall–Kier alpha value is -2.07. The third-order valence-corrected chi connectivity index (χ3v) is 4.92. The Kier molecular flexibility index (Phi) is 4.53. The first-order valence-electron chi connectivity index (χ1n) is 8.17. The molecule has 0 aliphatic heterocycles. The Bertz CT molecular complexity index is 724. The highest BCUT2D eigenvalue weighted by molar-refractivity contribution is 6.00. The molecule has 1 saturated carbocycles. The summed E-state index contributed by atoms with van der Waals surface area (Å²) in [5, 5.41) is 4.08. The molecule has 1 heterocycles. The zero-order valence-corrected chi connectivity index (χ0v) is 13.8. The minimum atomic E-state index is -0.178. The average Bonchev–Trinajstić information content (AvgIpc) is 2.91. The lowest BCUT2D eigenvalue weighted by atomic mass is 9.82. The maximum absolute atomic E-state index is 11.5. The minimum Gasteiger partial charge on any atom is -0.381 e. The van der Waals surface area contributed by atoms with Gasteiger partial charge in [-0.1, -0.05) is 6.58 Å². The summed E-state index contributed by atoms with van der Waals surface area (Å²) in [5.41, 5.74) is 3.40. The topological polar surface area (TPSA) is 43.3 Å². The standard InChI is InChI=1S/C19H24N2O2/c1-4-19(22)20-14-7-10-18-16(11-14)17(12-21(18)2)13-5-8-15(23-3)9-6-13/h4,7,10-13,15H,1,5-6,8-9H2,2-3H3,(H,20,22). The average molecular weight is 312 g/mol. The van der Waals surface area contributed by atoms with E-state index >= 15 is 0 Å². The maximum atomic E-state index is 11.5. The van der Waals surface area contributed by atoms with Crippen molar-refractivity contribution in [1.29, 1.82) is 0 Å². The first-order valence-corrected chi connectivity index (χ1v) is 8.17. The molecule has 3 rings (SSSR count). The van der Waals surface area contributed by atoms with Gasteiger partial charge in [-0.15, -0.1) is 0 Å². The number of anilines is 1. The maximum Gasteiger partial charge on any atom is 0.247 e. The van der Waals surface area contributed by atoms with Gasteiger partial charge in [0.05, 0.1) is 6.10 Å². The van der Waals surface area contributed by atoms with Gasteiger partial charge in [0.1, 0.15) is 0 Å². The second kappa shape index (κ2) is 6.59. The quantitative estimate of drug-likeness (QED) is 0.868. The Labute approximate surface area is 137 Å². The number of hydrogen-bond acceptors (Lipinski definition) is 2. The highest BCUT2D eigenvalue weighted by Crippen LogP contribution is 2.38. The van der Waals surface area contributed by atoms with Gasteiger partial charge >= 0.3 is 0 Å². The Balaban J connectivity index is 1.92. The molecule has 1 N–H and O–H groups in total. The van der Waals surface area contributed by atoms with E-state index in [1.807, 2.05) is 6.07 Å². The molecule has 0 bridgehead atoms. The van der Waals surface area contributed by atoms with Crippen LogP contribution in [0.2, 0.25) is 0 Å². The molecule has 122 valence electrons. The zero-order valence-electron chi connectivity index (χ0n) is 13.8. The number of hydrogen-bond donors (Lipinski definition) is 1. The first kappa shape index (κ1) is 15.8. The van der Waals surface area contributed by atoms with E-state index in [0.29, 0.717) is 12.0 Å². The summed E-state index contributed by atoms with van der Waals surface area (Å²) in [6.07, 6.45) is 8.48. The van der Waals surface area contributed by atoms with Crippen LogP contribution < -0.4 is 5.32 Å². The van der Waals surface area contributed by atoms with Crippen molar-refractivity contribution in [3.8, 4) is 0 Å². The monoisotopic (exact) mass is 312 g/mol. The van der Waals surface area contributed by atoms with Crippen molar-refractivity contribution in [2.24, 2.45) is 7.05 Å². The molecular weight excluding hydrogens is 288 g/mol. The molecule has 1 aliphatic carbocycles. The zero-order chi connectivity index (χ0) is 16.4. The normalized spacial score (nSPS) is 21.3. The van der Waals surface area contributed by atoms with Gasteiger partial charge in [-0.25, -0.2) is 0 Å². The highest BCUT2D eigenvalue weighted by atomic mass is 16.5. The number of aryl methyl sites for hydroxylation is 1. The molecule has 0 atom stereocenters. The lowest BCUT2D eigenvalue weighted by Crippen LogP contribution is -2.19. The van der Waals surface area contributed by atoms with Crippen LogP contribution in [-0.2, 0) is 16.6 Å². The molecule has 0 unspecified atom stereocenters. The Morgan fingerprint density at radius 3 is 2.74 bits per heavy atom. The highest BCUT2D eigenvalue weighted by Gasteiger charge is 2.24. The fourth-order valence-corrected chi connectivity index (χ4v) is 3.63. The molecule has 0 radical (unpaired) electrons. The van der Waals surface area contributed by atoms with Crippen LogP contribution in [0.3, 0.4) is 0 Å². The van der Waals surface area contributed by atoms with Gasteiger partial charge in [-0.05, 0) is 61.4 Å². The predicted octanol–water partition coefficient (Wildman–Crippen LogP) is 3.98. The van der Waals surface area contributed by atoms with Gasteiger partial charge in [-0.2, -0.15) is 0 Å². The number of carbonyl (C=O) groups excluding carboxylic acids is 1. The van der Waals surface area contributed by atoms with E-state index < -0.39 is 0 Å². The number of amides is 1. The van der Waals surface area contributed by atoms with Crippen molar-refractivity contribution in [2.45, 2.75) is 37.7 Å². The SMILES string of the molecule is C=CC(=O)Nc1ccc2c(c1)c(C1CCC(OC)CC1)cn2C. The molecule has 4 nitrogen and oxygen atoms in total. The molecule has 4 heteroatoms. The van der Waals surface area contributed by atoms with E-state index in [0.717, 1.165) is 31.4 Å². The van der Waals surface area contributed by atoms with E-state index in [4.69, 9.17) is 4.74 Å². The van der Waals surface area contributed by atoms with Crippen molar-refractivity contribution in [1.82, 2.24) is 4.57 Å². The second-order valence-electron chi connectivity index (χ2n) is 6.33. The smallest absolute Gasteiger partial charge is 0.247 e. The number of ether oxygens (including phenoxy) is 1. The largest absolute Gasteiger partial charge is 0.381 e. The van der Waals surface area contributed by atoms with Crippen molar-refractivity contribution < 1.29 is 9.53 Å². The molecule has 1 aromatic carbocycles. The second-order valence-corrected chi connectivity index (χ2v) is 6.33. The molecule has 1 aromatic heterocycles. The van der Waals surface area contributed by atoms with Gasteiger partial charge in [0, 0.05) is 36.9 Å². The first-order chi connectivity index (χ1) is 11.1. The third-order valence-electron chi connectivity index (χ3n) is 4.92. The van der Waals surface area contributed by atoms with Crippen molar-refractivity contribution >= 4 is 22.5 Å². The van der Waals surface area contributed by atoms with Gasteiger partial charge in [0.2, 0.25) is 5.91 Å². The Morgan fingerprint density at radius 2 is 2.09 bits per heavy atom. The van der Waals surface area contributed by atoms with Crippen LogP contribution in [-0.4, -0.2) is 23.7 Å². The van der Waals surface area contributed by atoms with Crippen molar-refractivity contribution in [3.63, 3.8) is 0 Å². The molecule has 23 heavy (non-hydrogen) atoms. The molecule has 1 fully saturated rings. The van der Waals surface area contributed by atoms with Gasteiger partial charge in [0.25, 0.3) is 0 Å². The number of methoxy groups -OCH3 is 1. The van der Waals surface area contributed by atoms with Crippen LogP contribution in [0.5, 0.6) is 0 Å². The molecule has 2 aromatic rings. The number of nitrogens with one attached hydrogen (secondary N) is 1. The van der Waals surface area contributed by atoms with Gasteiger partial charge in [0.15, 0.2) is 0 Å². The summed E-state index contributed by atoms with van der Waals surface area (Å²) in [7, 11) is 3.88. The third kappa shape index (κ3) is 3.17. The molecule has 1 amide bonds. The van der Waals surface area contributed by atoms with E-state index in [9.17, 15) is 4.79 Å². The number of rotatable bonds is 4. The number of benzene rings is 1. The summed E-state index contributed by atoms with van der Waals surface area (Å²) < 4.78 is 7.65. The van der Waals surface area contributed by atoms with Crippen LogP contribution in [0.25, 0.3) is 10.9 Å².